The van der Waals surface area contributed by atoms with Crippen LogP contribution in [-0.4, -0.2) is 28.2 Å². The lowest BCUT2D eigenvalue weighted by Crippen LogP contribution is -2.23. The second kappa shape index (κ2) is 6.74. The Bertz CT molecular complexity index is 799. The molecule has 0 bridgehead atoms. The Kier molecular flexibility index (Phi) is 4.33. The van der Waals surface area contributed by atoms with E-state index in [2.05, 4.69) is 20.5 Å². The van der Waals surface area contributed by atoms with Crippen LogP contribution in [0, 0.1) is 0 Å². The third-order valence-electron chi connectivity index (χ3n) is 3.42. The summed E-state index contributed by atoms with van der Waals surface area (Å²) in [6, 6.07) is 11.2. The third-order valence-corrected chi connectivity index (χ3v) is 3.42. The van der Waals surface area contributed by atoms with Crippen molar-refractivity contribution >= 4 is 5.91 Å². The fourth-order valence-corrected chi connectivity index (χ4v) is 2.24. The first-order valence-corrected chi connectivity index (χ1v) is 7.13. The monoisotopic (exact) mass is 308 g/mol. The predicted octanol–water partition coefficient (Wildman–Crippen LogP) is 2.41. The summed E-state index contributed by atoms with van der Waals surface area (Å²) < 4.78 is 5.22. The van der Waals surface area contributed by atoms with Gasteiger partial charge in [-0.25, -0.2) is 0 Å². The lowest BCUT2D eigenvalue weighted by molar-refractivity contribution is 0.0951. The van der Waals surface area contributed by atoms with Crippen molar-refractivity contribution in [3.63, 3.8) is 0 Å². The summed E-state index contributed by atoms with van der Waals surface area (Å²) >= 11 is 0. The van der Waals surface area contributed by atoms with E-state index in [0.717, 1.165) is 16.9 Å². The molecular weight excluding hydrogens is 292 g/mol. The Hall–Kier alpha value is -3.15. The number of carbonyl (C=O) groups is 1. The van der Waals surface area contributed by atoms with Gasteiger partial charge in [-0.3, -0.25) is 14.9 Å². The number of carbonyl (C=O) groups excluding carboxylic acids is 1. The van der Waals surface area contributed by atoms with Crippen LogP contribution >= 0.6 is 0 Å². The highest BCUT2D eigenvalue weighted by molar-refractivity contribution is 5.99. The maximum absolute atomic E-state index is 12.4. The lowest BCUT2D eigenvalue weighted by Gasteiger charge is -2.07. The minimum atomic E-state index is -0.194. The van der Waals surface area contributed by atoms with E-state index in [0.29, 0.717) is 17.8 Å². The summed E-state index contributed by atoms with van der Waals surface area (Å²) in [6.45, 7) is 0.412. The summed E-state index contributed by atoms with van der Waals surface area (Å²) in [5.41, 5.74) is 2.93. The molecule has 6 heteroatoms. The van der Waals surface area contributed by atoms with Crippen LogP contribution in [-0.2, 0) is 6.54 Å². The number of benzene rings is 1. The van der Waals surface area contributed by atoms with Crippen LogP contribution in [0.4, 0.5) is 0 Å². The van der Waals surface area contributed by atoms with Crippen LogP contribution in [0.2, 0.25) is 0 Å². The molecule has 6 nitrogen and oxygen atoms in total. The summed E-state index contributed by atoms with van der Waals surface area (Å²) in [5, 5.41) is 9.73. The molecule has 0 saturated carbocycles. The van der Waals surface area contributed by atoms with Gasteiger partial charge in [0.2, 0.25) is 0 Å². The maximum atomic E-state index is 12.4. The number of aromatic amines is 1. The zero-order valence-corrected chi connectivity index (χ0v) is 12.6. The Morgan fingerprint density at radius 2 is 2.17 bits per heavy atom. The van der Waals surface area contributed by atoms with E-state index in [1.807, 2.05) is 36.4 Å². The highest BCUT2D eigenvalue weighted by Crippen LogP contribution is 2.24. The zero-order chi connectivity index (χ0) is 16.1. The van der Waals surface area contributed by atoms with Gasteiger partial charge in [0, 0.05) is 24.5 Å². The van der Waals surface area contributed by atoms with Crippen LogP contribution in [0.5, 0.6) is 5.75 Å². The largest absolute Gasteiger partial charge is 0.497 e. The number of aromatic nitrogens is 3. The third kappa shape index (κ3) is 3.37. The molecule has 0 atom stereocenters. The number of ether oxygens (including phenoxy) is 1. The second-order valence-electron chi connectivity index (χ2n) is 4.93. The molecule has 116 valence electrons. The summed E-state index contributed by atoms with van der Waals surface area (Å²) in [4.78, 5) is 16.4. The van der Waals surface area contributed by atoms with Crippen LogP contribution < -0.4 is 10.1 Å². The Morgan fingerprint density at radius 3 is 2.96 bits per heavy atom. The van der Waals surface area contributed by atoms with Gasteiger partial charge in [0.25, 0.3) is 5.91 Å². The molecule has 0 aliphatic heterocycles. The first kappa shape index (κ1) is 14.8. The van der Waals surface area contributed by atoms with Crippen molar-refractivity contribution < 1.29 is 9.53 Å². The van der Waals surface area contributed by atoms with Gasteiger partial charge in [0.05, 0.1) is 24.6 Å². The lowest BCUT2D eigenvalue weighted by atomic mass is 10.1. The average molecular weight is 308 g/mol. The fourth-order valence-electron chi connectivity index (χ4n) is 2.24. The quantitative estimate of drug-likeness (QED) is 0.758. The number of amides is 1. The minimum absolute atomic E-state index is 0.194. The molecule has 2 aromatic heterocycles. The van der Waals surface area contributed by atoms with Crippen molar-refractivity contribution in [1.82, 2.24) is 20.5 Å². The van der Waals surface area contributed by atoms with Crippen LogP contribution in [0.3, 0.4) is 0 Å². The van der Waals surface area contributed by atoms with Crippen molar-refractivity contribution in [3.05, 3.63) is 66.1 Å². The smallest absolute Gasteiger partial charge is 0.255 e. The number of pyridine rings is 1. The van der Waals surface area contributed by atoms with Crippen molar-refractivity contribution in [3.8, 4) is 17.0 Å². The van der Waals surface area contributed by atoms with Gasteiger partial charge in [-0.15, -0.1) is 0 Å². The van der Waals surface area contributed by atoms with Crippen LogP contribution in [0.1, 0.15) is 15.9 Å². The number of H-pyrrole nitrogens is 1. The van der Waals surface area contributed by atoms with Crippen LogP contribution in [0.25, 0.3) is 11.3 Å². The van der Waals surface area contributed by atoms with Gasteiger partial charge < -0.3 is 10.1 Å². The van der Waals surface area contributed by atoms with Gasteiger partial charge >= 0.3 is 0 Å². The van der Waals surface area contributed by atoms with Gasteiger partial charge in [-0.2, -0.15) is 5.10 Å². The number of methoxy groups -OCH3 is 1. The van der Waals surface area contributed by atoms with Gasteiger partial charge in [0.15, 0.2) is 0 Å². The van der Waals surface area contributed by atoms with Crippen molar-refractivity contribution in [2.75, 3.05) is 7.11 Å². The Morgan fingerprint density at radius 1 is 1.26 bits per heavy atom. The molecule has 2 N–H and O–H groups in total. The summed E-state index contributed by atoms with van der Waals surface area (Å²) in [5.74, 6) is 0.527. The van der Waals surface area contributed by atoms with E-state index >= 15 is 0 Å². The van der Waals surface area contributed by atoms with Crippen molar-refractivity contribution in [2.24, 2.45) is 0 Å². The first-order chi connectivity index (χ1) is 11.3. The van der Waals surface area contributed by atoms with Crippen molar-refractivity contribution in [2.45, 2.75) is 6.54 Å². The Labute approximate surface area is 133 Å². The molecule has 3 aromatic rings. The van der Waals surface area contributed by atoms with Gasteiger partial charge in [0.1, 0.15) is 5.75 Å². The fraction of sp³-hybridized carbons (Fsp3) is 0.118. The SMILES string of the molecule is COc1cccc(-c2[nH]ncc2C(=O)NCc2cccnc2)c1. The predicted molar refractivity (Wildman–Crippen MR) is 86.0 cm³/mol. The second-order valence-corrected chi connectivity index (χ2v) is 4.93. The molecule has 0 radical (unpaired) electrons. The topological polar surface area (TPSA) is 79.9 Å². The van der Waals surface area contributed by atoms with E-state index in [1.165, 1.54) is 6.20 Å². The van der Waals surface area contributed by atoms with Crippen LogP contribution in [0.15, 0.2) is 55.0 Å². The average Bonchev–Trinajstić information content (AvgIpc) is 3.10. The summed E-state index contributed by atoms with van der Waals surface area (Å²) in [7, 11) is 1.60. The summed E-state index contributed by atoms with van der Waals surface area (Å²) in [6.07, 6.45) is 4.94. The Balaban J connectivity index is 1.78. The van der Waals surface area contributed by atoms with E-state index in [-0.39, 0.29) is 5.91 Å². The van der Waals surface area contributed by atoms with Crippen molar-refractivity contribution in [1.29, 1.82) is 0 Å². The minimum Gasteiger partial charge on any atom is -0.497 e. The molecule has 0 unspecified atom stereocenters. The highest BCUT2D eigenvalue weighted by atomic mass is 16.5. The standard InChI is InChI=1S/C17H16N4O2/c1-23-14-6-2-5-13(8-14)16-15(11-20-21-16)17(22)19-10-12-4-3-7-18-9-12/h2-9,11H,10H2,1H3,(H,19,22)(H,20,21). The molecule has 0 aliphatic carbocycles. The highest BCUT2D eigenvalue weighted by Gasteiger charge is 2.15. The number of nitrogens with zero attached hydrogens (tertiary/aromatic N) is 2. The van der Waals surface area contributed by atoms with Gasteiger partial charge in [-0.1, -0.05) is 18.2 Å². The van der Waals surface area contributed by atoms with E-state index < -0.39 is 0 Å². The molecule has 0 spiro atoms. The van der Waals surface area contributed by atoms with E-state index in [1.54, 1.807) is 19.5 Å². The number of hydrogen-bond acceptors (Lipinski definition) is 4. The molecule has 2 heterocycles. The van der Waals surface area contributed by atoms with E-state index in [9.17, 15) is 4.79 Å². The molecule has 0 saturated heterocycles. The molecule has 3 rings (SSSR count). The number of hydrogen-bond donors (Lipinski definition) is 2. The normalized spacial score (nSPS) is 10.3. The molecular formula is C17H16N4O2. The molecule has 0 aliphatic rings. The van der Waals surface area contributed by atoms with Gasteiger partial charge in [-0.05, 0) is 23.8 Å². The molecule has 1 amide bonds. The number of nitrogens with one attached hydrogen (secondary N) is 2. The molecule has 1 aromatic carbocycles. The molecule has 0 fully saturated rings. The van der Waals surface area contributed by atoms with E-state index in [4.69, 9.17) is 4.74 Å². The molecule has 23 heavy (non-hydrogen) atoms. The first-order valence-electron chi connectivity index (χ1n) is 7.13. The number of rotatable bonds is 5. The zero-order valence-electron chi connectivity index (χ0n) is 12.6. The maximum Gasteiger partial charge on any atom is 0.255 e.